The van der Waals surface area contributed by atoms with Gasteiger partial charge in [-0.15, -0.1) is 0 Å². The quantitative estimate of drug-likeness (QED) is 0.874. The number of carbonyl (C=O) groups is 1. The number of ether oxygens (including phenoxy) is 1. The fourth-order valence-corrected chi connectivity index (χ4v) is 1.88. The second-order valence-corrected chi connectivity index (χ2v) is 5.20. The molecule has 0 aromatic heterocycles. The molecule has 0 aliphatic rings. The van der Waals surface area contributed by atoms with Crippen LogP contribution in [-0.2, 0) is 4.79 Å². The maximum Gasteiger partial charge on any atom is 0.264 e. The average Bonchev–Trinajstić information content (AvgIpc) is 2.46. The van der Waals surface area contributed by atoms with Crippen LogP contribution in [-0.4, -0.2) is 19.6 Å². The number of halogens is 1. The molecule has 2 rings (SSSR count). The maximum absolute atomic E-state index is 12.0. The summed E-state index contributed by atoms with van der Waals surface area (Å²) in [7, 11) is 1.71. The van der Waals surface area contributed by atoms with Crippen LogP contribution in [0.15, 0.2) is 53.0 Å². The van der Waals surface area contributed by atoms with Crippen molar-refractivity contribution in [2.45, 2.75) is 0 Å². The molecule has 0 heterocycles. The van der Waals surface area contributed by atoms with Gasteiger partial charge >= 0.3 is 0 Å². The zero-order valence-electron chi connectivity index (χ0n) is 11.0. The fraction of sp³-hybridized carbons (Fsp3) is 0.133. The molecular formula is C15H15BrN2O2. The molecular weight excluding hydrogens is 320 g/mol. The lowest BCUT2D eigenvalue weighted by atomic mass is 10.2. The van der Waals surface area contributed by atoms with Crippen molar-refractivity contribution < 1.29 is 9.53 Å². The molecule has 0 atom stereocenters. The van der Waals surface area contributed by atoms with Crippen molar-refractivity contribution in [3.05, 3.63) is 53.0 Å². The van der Waals surface area contributed by atoms with Crippen LogP contribution in [0.5, 0.6) is 5.75 Å². The normalized spacial score (nSPS) is 10.1. The minimum absolute atomic E-state index is 0.0114. The van der Waals surface area contributed by atoms with Gasteiger partial charge < -0.3 is 15.4 Å². The number of nitrogens with two attached hydrogens (primary N) is 1. The van der Waals surface area contributed by atoms with Crippen LogP contribution in [0.3, 0.4) is 0 Å². The number of benzene rings is 2. The van der Waals surface area contributed by atoms with E-state index in [-0.39, 0.29) is 12.5 Å². The molecule has 0 radical (unpaired) electrons. The van der Waals surface area contributed by atoms with E-state index in [2.05, 4.69) is 15.9 Å². The molecule has 0 saturated carbocycles. The zero-order valence-corrected chi connectivity index (χ0v) is 12.6. The van der Waals surface area contributed by atoms with Gasteiger partial charge in [0.15, 0.2) is 6.61 Å². The molecule has 0 unspecified atom stereocenters. The van der Waals surface area contributed by atoms with E-state index in [1.165, 1.54) is 4.90 Å². The summed E-state index contributed by atoms with van der Waals surface area (Å²) in [6, 6.07) is 14.5. The van der Waals surface area contributed by atoms with E-state index in [1.54, 1.807) is 43.4 Å². The lowest BCUT2D eigenvalue weighted by molar-refractivity contribution is -0.120. The van der Waals surface area contributed by atoms with Crippen molar-refractivity contribution in [1.82, 2.24) is 0 Å². The highest BCUT2D eigenvalue weighted by Gasteiger charge is 2.11. The average molecular weight is 335 g/mol. The van der Waals surface area contributed by atoms with Gasteiger partial charge in [-0.05, 0) is 48.5 Å². The molecule has 20 heavy (non-hydrogen) atoms. The van der Waals surface area contributed by atoms with Gasteiger partial charge in [0.1, 0.15) is 5.75 Å². The molecule has 0 spiro atoms. The smallest absolute Gasteiger partial charge is 0.264 e. The monoisotopic (exact) mass is 334 g/mol. The lowest BCUT2D eigenvalue weighted by Crippen LogP contribution is -2.31. The van der Waals surface area contributed by atoms with Crippen LogP contribution < -0.4 is 15.4 Å². The minimum Gasteiger partial charge on any atom is -0.484 e. The molecule has 0 aliphatic carbocycles. The third-order valence-electron chi connectivity index (χ3n) is 2.83. The van der Waals surface area contributed by atoms with E-state index in [9.17, 15) is 4.79 Å². The molecule has 0 bridgehead atoms. The molecule has 0 saturated heterocycles. The van der Waals surface area contributed by atoms with Crippen molar-refractivity contribution in [3.63, 3.8) is 0 Å². The first-order chi connectivity index (χ1) is 9.56. The molecule has 0 fully saturated rings. The first-order valence-corrected chi connectivity index (χ1v) is 6.86. The van der Waals surface area contributed by atoms with Gasteiger partial charge in [-0.1, -0.05) is 15.9 Å². The summed E-state index contributed by atoms with van der Waals surface area (Å²) in [5.74, 6) is 0.532. The molecule has 2 aromatic rings. The van der Waals surface area contributed by atoms with Crippen molar-refractivity contribution in [2.24, 2.45) is 0 Å². The number of rotatable bonds is 4. The van der Waals surface area contributed by atoms with E-state index in [0.717, 1.165) is 10.2 Å². The second kappa shape index (κ2) is 6.43. The van der Waals surface area contributed by atoms with Crippen LogP contribution in [0.25, 0.3) is 0 Å². The fourth-order valence-electron chi connectivity index (χ4n) is 1.61. The number of nitrogens with zero attached hydrogens (tertiary/aromatic N) is 1. The van der Waals surface area contributed by atoms with Crippen molar-refractivity contribution in [1.29, 1.82) is 0 Å². The Balaban J connectivity index is 1.94. The van der Waals surface area contributed by atoms with Crippen LogP contribution >= 0.6 is 15.9 Å². The maximum atomic E-state index is 12.0. The summed E-state index contributed by atoms with van der Waals surface area (Å²) in [4.78, 5) is 13.6. The van der Waals surface area contributed by atoms with Gasteiger partial charge in [0.2, 0.25) is 0 Å². The number of anilines is 2. The minimum atomic E-state index is -0.127. The number of hydrogen-bond acceptors (Lipinski definition) is 3. The Labute approximate surface area is 126 Å². The second-order valence-electron chi connectivity index (χ2n) is 4.29. The largest absolute Gasteiger partial charge is 0.484 e. The van der Waals surface area contributed by atoms with Crippen molar-refractivity contribution >= 4 is 33.2 Å². The van der Waals surface area contributed by atoms with E-state index >= 15 is 0 Å². The van der Waals surface area contributed by atoms with Crippen molar-refractivity contribution in [3.8, 4) is 5.75 Å². The Morgan fingerprint density at radius 3 is 2.35 bits per heavy atom. The van der Waals surface area contributed by atoms with Gasteiger partial charge in [0.25, 0.3) is 5.91 Å². The first kappa shape index (κ1) is 14.4. The number of nitrogen functional groups attached to an aromatic ring is 1. The van der Waals surface area contributed by atoms with Crippen LogP contribution in [0, 0.1) is 0 Å². The first-order valence-electron chi connectivity index (χ1n) is 6.07. The SMILES string of the molecule is CN(C(=O)COc1ccc(Br)cc1)c1ccc(N)cc1. The van der Waals surface area contributed by atoms with Gasteiger partial charge in [-0.3, -0.25) is 4.79 Å². The summed E-state index contributed by atoms with van der Waals surface area (Å²) in [5.41, 5.74) is 7.07. The van der Waals surface area contributed by atoms with Gasteiger partial charge in [0, 0.05) is 22.9 Å². The Morgan fingerprint density at radius 1 is 1.15 bits per heavy atom. The van der Waals surface area contributed by atoms with Crippen LogP contribution in [0.4, 0.5) is 11.4 Å². The highest BCUT2D eigenvalue weighted by atomic mass is 79.9. The van der Waals surface area contributed by atoms with Crippen LogP contribution in [0.1, 0.15) is 0 Å². The van der Waals surface area contributed by atoms with Gasteiger partial charge in [-0.2, -0.15) is 0 Å². The summed E-state index contributed by atoms with van der Waals surface area (Å²) in [6.07, 6.45) is 0. The highest BCUT2D eigenvalue weighted by Crippen LogP contribution is 2.17. The topological polar surface area (TPSA) is 55.6 Å². The van der Waals surface area contributed by atoms with Crippen LogP contribution in [0.2, 0.25) is 0 Å². The predicted octanol–water partition coefficient (Wildman–Crippen LogP) is 3.07. The number of amides is 1. The molecule has 104 valence electrons. The molecule has 4 nitrogen and oxygen atoms in total. The summed E-state index contributed by atoms with van der Waals surface area (Å²) >= 11 is 3.34. The zero-order chi connectivity index (χ0) is 14.5. The van der Waals surface area contributed by atoms with E-state index in [1.807, 2.05) is 12.1 Å². The highest BCUT2D eigenvalue weighted by molar-refractivity contribution is 9.10. The Kier molecular flexibility index (Phi) is 4.63. The Morgan fingerprint density at radius 2 is 1.75 bits per heavy atom. The number of hydrogen-bond donors (Lipinski definition) is 1. The Hall–Kier alpha value is -2.01. The third-order valence-corrected chi connectivity index (χ3v) is 3.36. The van der Waals surface area contributed by atoms with Gasteiger partial charge in [0.05, 0.1) is 0 Å². The third kappa shape index (κ3) is 3.74. The molecule has 2 aromatic carbocycles. The summed E-state index contributed by atoms with van der Waals surface area (Å²) < 4.78 is 6.42. The molecule has 1 amide bonds. The van der Waals surface area contributed by atoms with E-state index in [4.69, 9.17) is 10.5 Å². The molecule has 5 heteroatoms. The van der Waals surface area contributed by atoms with Gasteiger partial charge in [-0.25, -0.2) is 0 Å². The number of likely N-dealkylation sites (N-methyl/N-ethyl adjacent to an activating group) is 1. The standard InChI is InChI=1S/C15H15BrN2O2/c1-18(13-6-4-12(17)5-7-13)15(19)10-20-14-8-2-11(16)3-9-14/h2-9H,10,17H2,1H3. The lowest BCUT2D eigenvalue weighted by Gasteiger charge is -2.17. The summed E-state index contributed by atoms with van der Waals surface area (Å²) in [6.45, 7) is -0.0114. The summed E-state index contributed by atoms with van der Waals surface area (Å²) in [5, 5.41) is 0. The molecule has 0 aliphatic heterocycles. The molecule has 2 N–H and O–H groups in total. The Bertz CT molecular complexity index is 582. The number of carbonyl (C=O) groups excluding carboxylic acids is 1. The van der Waals surface area contributed by atoms with Crippen molar-refractivity contribution in [2.75, 3.05) is 24.3 Å². The predicted molar refractivity (Wildman–Crippen MR) is 83.9 cm³/mol. The van der Waals surface area contributed by atoms with E-state index < -0.39 is 0 Å². The van der Waals surface area contributed by atoms with E-state index in [0.29, 0.717) is 11.4 Å².